The summed E-state index contributed by atoms with van der Waals surface area (Å²) in [5, 5.41) is 9.88. The van der Waals surface area contributed by atoms with Crippen molar-refractivity contribution in [2.45, 2.75) is 32.0 Å². The molecule has 2 amide bonds. The van der Waals surface area contributed by atoms with E-state index >= 15 is 0 Å². The van der Waals surface area contributed by atoms with Gasteiger partial charge >= 0.3 is 0 Å². The number of rotatable bonds is 8. The Labute approximate surface area is 152 Å². The van der Waals surface area contributed by atoms with Crippen LogP contribution >= 0.6 is 0 Å². The highest BCUT2D eigenvalue weighted by molar-refractivity contribution is 5.88. The summed E-state index contributed by atoms with van der Waals surface area (Å²) in [4.78, 5) is 30.7. The fourth-order valence-corrected chi connectivity index (χ4v) is 3.05. The molecule has 0 aliphatic carbocycles. The predicted octanol–water partition coefficient (Wildman–Crippen LogP) is 0.175. The summed E-state index contributed by atoms with van der Waals surface area (Å²) in [6.45, 7) is 3.25. The van der Waals surface area contributed by atoms with E-state index in [9.17, 15) is 9.59 Å². The molecule has 0 spiro atoms. The first kappa shape index (κ1) is 18.1. The fraction of sp³-hybridized carbons (Fsp3) is 0.444. The van der Waals surface area contributed by atoms with Gasteiger partial charge in [0.25, 0.3) is 0 Å². The quantitative estimate of drug-likeness (QED) is 0.658. The number of aryl methyl sites for hydroxylation is 1. The third kappa shape index (κ3) is 5.13. The van der Waals surface area contributed by atoms with Crippen molar-refractivity contribution >= 4 is 11.8 Å². The van der Waals surface area contributed by atoms with Crippen LogP contribution in [0.1, 0.15) is 18.4 Å². The molecule has 26 heavy (non-hydrogen) atoms. The Bertz CT molecular complexity index is 704. The van der Waals surface area contributed by atoms with E-state index in [1.54, 1.807) is 18.6 Å². The summed E-state index contributed by atoms with van der Waals surface area (Å²) in [7, 11) is 0. The van der Waals surface area contributed by atoms with Gasteiger partial charge in [-0.2, -0.15) is 5.10 Å². The molecule has 1 aliphatic heterocycles. The van der Waals surface area contributed by atoms with Gasteiger partial charge in [0.15, 0.2) is 0 Å². The van der Waals surface area contributed by atoms with Gasteiger partial charge in [-0.1, -0.05) is 6.07 Å². The molecule has 8 nitrogen and oxygen atoms in total. The minimum atomic E-state index is -0.449. The number of piperazine rings is 1. The molecule has 3 rings (SSSR count). The summed E-state index contributed by atoms with van der Waals surface area (Å²) >= 11 is 0. The number of carbonyl (C=O) groups excluding carboxylic acids is 2. The van der Waals surface area contributed by atoms with Crippen molar-refractivity contribution in [2.24, 2.45) is 0 Å². The normalized spacial score (nSPS) is 17.7. The lowest BCUT2D eigenvalue weighted by Crippen LogP contribution is -2.56. The minimum Gasteiger partial charge on any atom is -0.356 e. The largest absolute Gasteiger partial charge is 0.356 e. The van der Waals surface area contributed by atoms with Crippen LogP contribution in [-0.2, 0) is 22.7 Å². The second-order valence-corrected chi connectivity index (χ2v) is 6.32. The lowest BCUT2D eigenvalue weighted by Gasteiger charge is -2.34. The van der Waals surface area contributed by atoms with Crippen molar-refractivity contribution in [1.82, 2.24) is 30.3 Å². The lowest BCUT2D eigenvalue weighted by molar-refractivity contribution is -0.134. The Balaban J connectivity index is 1.48. The third-order valence-corrected chi connectivity index (χ3v) is 4.37. The van der Waals surface area contributed by atoms with E-state index in [1.807, 2.05) is 34.0 Å². The maximum absolute atomic E-state index is 12.3. The maximum atomic E-state index is 12.3. The first-order chi connectivity index (χ1) is 12.7. The average molecular weight is 356 g/mol. The van der Waals surface area contributed by atoms with Crippen LogP contribution in [0.5, 0.6) is 0 Å². The van der Waals surface area contributed by atoms with E-state index in [4.69, 9.17) is 0 Å². The monoisotopic (exact) mass is 356 g/mol. The first-order valence-corrected chi connectivity index (χ1v) is 8.87. The van der Waals surface area contributed by atoms with Gasteiger partial charge in [0.2, 0.25) is 11.8 Å². The van der Waals surface area contributed by atoms with Gasteiger partial charge in [-0.3, -0.25) is 24.2 Å². The van der Waals surface area contributed by atoms with Gasteiger partial charge in [0.05, 0.1) is 12.5 Å². The molecule has 1 atom stereocenters. The molecule has 1 saturated heterocycles. The minimum absolute atomic E-state index is 0.0909. The fourth-order valence-electron chi connectivity index (χ4n) is 3.05. The van der Waals surface area contributed by atoms with E-state index in [0.717, 1.165) is 25.1 Å². The van der Waals surface area contributed by atoms with Crippen molar-refractivity contribution < 1.29 is 9.59 Å². The molecule has 2 aromatic rings. The Morgan fingerprint density at radius 3 is 3.04 bits per heavy atom. The molecule has 138 valence electrons. The van der Waals surface area contributed by atoms with E-state index in [1.165, 1.54) is 0 Å². The second-order valence-electron chi connectivity index (χ2n) is 6.32. The lowest BCUT2D eigenvalue weighted by atomic mass is 10.1. The van der Waals surface area contributed by atoms with Crippen LogP contribution in [-0.4, -0.2) is 57.2 Å². The number of nitrogens with zero attached hydrogens (tertiary/aromatic N) is 4. The van der Waals surface area contributed by atoms with Crippen LogP contribution in [0, 0.1) is 0 Å². The highest BCUT2D eigenvalue weighted by Crippen LogP contribution is 2.13. The molecule has 1 unspecified atom stereocenters. The van der Waals surface area contributed by atoms with Gasteiger partial charge in [0, 0.05) is 57.5 Å². The number of aromatic nitrogens is 3. The van der Waals surface area contributed by atoms with Crippen LogP contribution in [0.2, 0.25) is 0 Å². The van der Waals surface area contributed by atoms with Crippen LogP contribution in [0.4, 0.5) is 0 Å². The predicted molar refractivity (Wildman–Crippen MR) is 95.9 cm³/mol. The van der Waals surface area contributed by atoms with E-state index in [0.29, 0.717) is 19.6 Å². The molecule has 3 heterocycles. The van der Waals surface area contributed by atoms with Gasteiger partial charge in [-0.15, -0.1) is 0 Å². The number of hydrogen-bond acceptors (Lipinski definition) is 5. The van der Waals surface area contributed by atoms with Gasteiger partial charge in [0.1, 0.15) is 0 Å². The SMILES string of the molecule is O=C(CC1C(=O)NCCN1Cc1cccnc1)NCCCn1cccn1. The van der Waals surface area contributed by atoms with Crippen LogP contribution in [0.3, 0.4) is 0 Å². The molecule has 2 N–H and O–H groups in total. The summed E-state index contributed by atoms with van der Waals surface area (Å²) in [6, 6.07) is 5.28. The summed E-state index contributed by atoms with van der Waals surface area (Å²) in [5.41, 5.74) is 1.03. The molecule has 0 saturated carbocycles. The Hall–Kier alpha value is -2.74. The number of carbonyl (C=O) groups is 2. The zero-order valence-electron chi connectivity index (χ0n) is 14.7. The van der Waals surface area contributed by atoms with E-state index < -0.39 is 6.04 Å². The average Bonchev–Trinajstić information content (AvgIpc) is 3.16. The van der Waals surface area contributed by atoms with Crippen LogP contribution in [0.15, 0.2) is 43.0 Å². The molecule has 0 radical (unpaired) electrons. The van der Waals surface area contributed by atoms with Crippen molar-refractivity contribution in [2.75, 3.05) is 19.6 Å². The molecular formula is C18H24N6O2. The van der Waals surface area contributed by atoms with Gasteiger partial charge < -0.3 is 10.6 Å². The molecule has 0 bridgehead atoms. The highest BCUT2D eigenvalue weighted by atomic mass is 16.2. The maximum Gasteiger partial charge on any atom is 0.237 e. The Kier molecular flexibility index (Phi) is 6.32. The Morgan fingerprint density at radius 2 is 2.27 bits per heavy atom. The zero-order valence-corrected chi connectivity index (χ0v) is 14.7. The summed E-state index contributed by atoms with van der Waals surface area (Å²) in [6.07, 6.45) is 8.10. The second kappa shape index (κ2) is 9.10. The number of nitrogens with one attached hydrogen (secondary N) is 2. The summed E-state index contributed by atoms with van der Waals surface area (Å²) < 4.78 is 1.83. The van der Waals surface area contributed by atoms with Crippen LogP contribution in [0.25, 0.3) is 0 Å². The topological polar surface area (TPSA) is 92.1 Å². The number of amides is 2. The van der Waals surface area contributed by atoms with E-state index in [2.05, 4.69) is 20.7 Å². The van der Waals surface area contributed by atoms with Crippen molar-refractivity contribution in [1.29, 1.82) is 0 Å². The third-order valence-electron chi connectivity index (χ3n) is 4.37. The van der Waals surface area contributed by atoms with E-state index in [-0.39, 0.29) is 18.2 Å². The van der Waals surface area contributed by atoms with Crippen molar-refractivity contribution in [3.05, 3.63) is 48.5 Å². The Morgan fingerprint density at radius 1 is 1.35 bits per heavy atom. The summed E-state index contributed by atoms with van der Waals surface area (Å²) in [5.74, 6) is -0.199. The number of hydrogen-bond donors (Lipinski definition) is 2. The first-order valence-electron chi connectivity index (χ1n) is 8.87. The molecule has 0 aromatic carbocycles. The molecule has 1 aliphatic rings. The molecule has 8 heteroatoms. The van der Waals surface area contributed by atoms with Crippen molar-refractivity contribution in [3.8, 4) is 0 Å². The van der Waals surface area contributed by atoms with Crippen LogP contribution < -0.4 is 10.6 Å². The number of pyridine rings is 1. The standard InChI is InChI=1S/C18H24N6O2/c25-17(20-6-2-9-24-10-3-7-22-24)12-16-18(26)21-8-11-23(16)14-15-4-1-5-19-13-15/h1,3-5,7,10,13,16H,2,6,8-9,11-12,14H2,(H,20,25)(H,21,26). The van der Waals surface area contributed by atoms with Gasteiger partial charge in [-0.05, 0) is 24.1 Å². The molecule has 2 aromatic heterocycles. The highest BCUT2D eigenvalue weighted by Gasteiger charge is 2.31. The smallest absolute Gasteiger partial charge is 0.237 e. The van der Waals surface area contributed by atoms with Gasteiger partial charge in [-0.25, -0.2) is 0 Å². The zero-order chi connectivity index (χ0) is 18.2. The van der Waals surface area contributed by atoms with Crippen molar-refractivity contribution in [3.63, 3.8) is 0 Å². The molecule has 1 fully saturated rings. The molecular weight excluding hydrogens is 332 g/mol.